The highest BCUT2D eigenvalue weighted by Crippen LogP contribution is 2.19. The topological polar surface area (TPSA) is 9.23 Å². The first-order valence-electron chi connectivity index (χ1n) is 2.57. The third kappa shape index (κ3) is 7.88. The molecule has 0 fully saturated rings. The monoisotopic (exact) mass is 134 g/mol. The van der Waals surface area contributed by atoms with E-state index in [9.17, 15) is 8.78 Å². The summed E-state index contributed by atoms with van der Waals surface area (Å²) in [5.41, 5.74) is -0.891. The van der Waals surface area contributed by atoms with Crippen molar-refractivity contribution in [1.29, 1.82) is 0 Å². The zero-order valence-corrected chi connectivity index (χ0v) is 5.74. The smallest absolute Gasteiger partial charge is 0.297 e. The predicted octanol–water partition coefficient (Wildman–Crippen LogP) is 1.52. The van der Waals surface area contributed by atoms with Gasteiger partial charge in [-0.15, -0.1) is 0 Å². The van der Waals surface area contributed by atoms with Crippen LogP contribution >= 0.6 is 0 Å². The lowest BCUT2D eigenvalue weighted by molar-refractivity contribution is -0.225. The molecule has 0 aliphatic rings. The van der Waals surface area contributed by atoms with Crippen molar-refractivity contribution in [1.82, 2.24) is 0 Å². The molecule has 0 amide bonds. The van der Waals surface area contributed by atoms with Gasteiger partial charge in [-0.25, -0.2) is 0 Å². The second-order valence-electron chi connectivity index (χ2n) is 2.78. The fourth-order valence-electron chi connectivity index (χ4n) is 0.408. The average Bonchev–Trinajstić information content (AvgIpc) is 1.14. The minimum atomic E-state index is -3.52. The molecule has 0 aliphatic carbocycles. The molecular weight excluding hydrogens is 125 g/mol. The number of halogens is 2. The van der Waals surface area contributed by atoms with Gasteiger partial charge in [0.2, 0.25) is 7.85 Å². The van der Waals surface area contributed by atoms with Gasteiger partial charge in [-0.2, -0.15) is 8.78 Å². The molecule has 4 heteroatoms. The summed E-state index contributed by atoms with van der Waals surface area (Å²) in [7, 11) is 4.27. The molecule has 0 aromatic rings. The van der Waals surface area contributed by atoms with E-state index in [4.69, 9.17) is 0 Å². The molecule has 0 heterocycles. The minimum Gasteiger partial charge on any atom is -0.324 e. The SMILES string of the molecule is [B]C(F)(F)OC(C)(C)C. The molecule has 0 spiro atoms. The molecule has 0 atom stereocenters. The largest absolute Gasteiger partial charge is 0.324 e. The van der Waals surface area contributed by atoms with E-state index in [0.717, 1.165) is 0 Å². The summed E-state index contributed by atoms with van der Waals surface area (Å²) in [4.78, 5) is 0. The van der Waals surface area contributed by atoms with Gasteiger partial charge in [0.25, 0.3) is 6.01 Å². The number of hydrogen-bond acceptors (Lipinski definition) is 1. The number of hydrogen-bond donors (Lipinski definition) is 0. The average molecular weight is 134 g/mol. The highest BCUT2D eigenvalue weighted by molar-refractivity contribution is 6.12. The highest BCUT2D eigenvalue weighted by atomic mass is 19.3. The Balaban J connectivity index is 3.75. The van der Waals surface area contributed by atoms with Crippen LogP contribution in [-0.2, 0) is 4.74 Å². The van der Waals surface area contributed by atoms with E-state index in [1.807, 2.05) is 0 Å². The molecule has 0 bridgehead atoms. The molecular formula is C5H9BF2O. The Morgan fingerprint density at radius 2 is 1.56 bits per heavy atom. The first-order chi connectivity index (χ1) is 3.71. The number of alkyl halides is 2. The van der Waals surface area contributed by atoms with Gasteiger partial charge in [-0.05, 0) is 20.8 Å². The maximum absolute atomic E-state index is 11.8. The maximum Gasteiger partial charge on any atom is 0.297 e. The first-order valence-corrected chi connectivity index (χ1v) is 2.57. The van der Waals surface area contributed by atoms with E-state index in [2.05, 4.69) is 12.6 Å². The lowest BCUT2D eigenvalue weighted by Gasteiger charge is -2.24. The fraction of sp³-hybridized carbons (Fsp3) is 1.00. The summed E-state index contributed by atoms with van der Waals surface area (Å²) in [6.45, 7) is 4.52. The lowest BCUT2D eigenvalue weighted by Crippen LogP contribution is -2.32. The lowest BCUT2D eigenvalue weighted by atomic mass is 10.1. The quantitative estimate of drug-likeness (QED) is 0.494. The van der Waals surface area contributed by atoms with Gasteiger partial charge in [0.15, 0.2) is 0 Å². The van der Waals surface area contributed by atoms with Crippen LogP contribution in [0.5, 0.6) is 0 Å². The summed E-state index contributed by atoms with van der Waals surface area (Å²) in [6, 6.07) is -3.52. The Morgan fingerprint density at radius 3 is 1.56 bits per heavy atom. The molecule has 1 nitrogen and oxygen atoms in total. The van der Waals surface area contributed by atoms with Gasteiger partial charge in [-0.1, -0.05) is 0 Å². The van der Waals surface area contributed by atoms with Gasteiger partial charge in [0.05, 0.1) is 5.60 Å². The van der Waals surface area contributed by atoms with Crippen LogP contribution in [-0.4, -0.2) is 19.5 Å². The van der Waals surface area contributed by atoms with Gasteiger partial charge in [0.1, 0.15) is 0 Å². The standard InChI is InChI=1S/C5H9BF2O/c1-4(2,3)9-5(6,7)8/h1-3H3. The molecule has 0 rings (SSSR count). The summed E-state index contributed by atoms with van der Waals surface area (Å²) in [6.07, 6.45) is 0. The van der Waals surface area contributed by atoms with Gasteiger partial charge >= 0.3 is 0 Å². The van der Waals surface area contributed by atoms with Crippen LogP contribution in [0.4, 0.5) is 8.78 Å². The molecule has 0 unspecified atom stereocenters. The molecule has 9 heavy (non-hydrogen) atoms. The minimum absolute atomic E-state index is 0.891. The van der Waals surface area contributed by atoms with Crippen LogP contribution in [0.2, 0.25) is 0 Å². The van der Waals surface area contributed by atoms with E-state index >= 15 is 0 Å². The molecule has 0 aromatic heterocycles. The Bertz CT molecular complexity index is 80.1. The third-order valence-corrected chi connectivity index (χ3v) is 0.442. The summed E-state index contributed by atoms with van der Waals surface area (Å²) in [5.74, 6) is 0. The van der Waals surface area contributed by atoms with Crippen LogP contribution in [0.3, 0.4) is 0 Å². The van der Waals surface area contributed by atoms with E-state index < -0.39 is 11.6 Å². The number of rotatable bonds is 1. The van der Waals surface area contributed by atoms with E-state index in [-0.39, 0.29) is 0 Å². The summed E-state index contributed by atoms with van der Waals surface area (Å²) >= 11 is 0. The van der Waals surface area contributed by atoms with Crippen molar-refractivity contribution in [3.8, 4) is 0 Å². The van der Waals surface area contributed by atoms with Crippen LogP contribution in [0, 0.1) is 0 Å². The molecule has 0 aromatic carbocycles. The zero-order valence-electron chi connectivity index (χ0n) is 5.74. The second kappa shape index (κ2) is 2.25. The molecule has 0 saturated carbocycles. The van der Waals surface area contributed by atoms with Gasteiger partial charge < -0.3 is 4.74 Å². The molecule has 0 aliphatic heterocycles. The highest BCUT2D eigenvalue weighted by Gasteiger charge is 2.27. The van der Waals surface area contributed by atoms with Crippen LogP contribution < -0.4 is 0 Å². The third-order valence-electron chi connectivity index (χ3n) is 0.442. The molecule has 52 valence electrons. The first kappa shape index (κ1) is 8.88. The predicted molar refractivity (Wildman–Crippen MR) is 31.5 cm³/mol. The summed E-state index contributed by atoms with van der Waals surface area (Å²) in [5, 5.41) is 0. The second-order valence-corrected chi connectivity index (χ2v) is 2.78. The van der Waals surface area contributed by atoms with Crippen molar-refractivity contribution in [3.63, 3.8) is 0 Å². The van der Waals surface area contributed by atoms with Crippen molar-refractivity contribution in [2.45, 2.75) is 32.4 Å². The van der Waals surface area contributed by atoms with E-state index in [1.54, 1.807) is 0 Å². The van der Waals surface area contributed by atoms with E-state index in [1.165, 1.54) is 20.8 Å². The van der Waals surface area contributed by atoms with Crippen molar-refractivity contribution in [2.75, 3.05) is 0 Å². The molecule has 2 radical (unpaired) electrons. The van der Waals surface area contributed by atoms with Crippen molar-refractivity contribution in [2.24, 2.45) is 0 Å². The van der Waals surface area contributed by atoms with Crippen molar-refractivity contribution < 1.29 is 13.5 Å². The fourth-order valence-corrected chi connectivity index (χ4v) is 0.408. The Hall–Kier alpha value is -0.115. The van der Waals surface area contributed by atoms with Crippen LogP contribution in [0.1, 0.15) is 20.8 Å². The zero-order chi connectivity index (χ0) is 7.71. The van der Waals surface area contributed by atoms with Crippen molar-refractivity contribution in [3.05, 3.63) is 0 Å². The Kier molecular flexibility index (Phi) is 2.22. The Labute approximate surface area is 54.8 Å². The Morgan fingerprint density at radius 1 is 1.22 bits per heavy atom. The number of ether oxygens (including phenoxy) is 1. The van der Waals surface area contributed by atoms with Crippen LogP contribution in [0.15, 0.2) is 0 Å². The van der Waals surface area contributed by atoms with Gasteiger partial charge in [0, 0.05) is 0 Å². The van der Waals surface area contributed by atoms with Gasteiger partial charge in [-0.3, -0.25) is 0 Å². The molecule has 0 N–H and O–H groups in total. The van der Waals surface area contributed by atoms with Crippen molar-refractivity contribution >= 4 is 7.85 Å². The normalized spacial score (nSPS) is 13.9. The maximum atomic E-state index is 11.8. The van der Waals surface area contributed by atoms with E-state index in [0.29, 0.717) is 0 Å². The van der Waals surface area contributed by atoms with Crippen LogP contribution in [0.25, 0.3) is 0 Å². The molecule has 0 saturated heterocycles. The summed E-state index contributed by atoms with van der Waals surface area (Å²) < 4.78 is 27.6.